The van der Waals surface area contributed by atoms with Gasteiger partial charge in [-0.1, -0.05) is 42.5 Å². The first-order chi connectivity index (χ1) is 12.8. The van der Waals surface area contributed by atoms with Crippen molar-refractivity contribution >= 4 is 15.8 Å². The third-order valence-electron chi connectivity index (χ3n) is 4.96. The van der Waals surface area contributed by atoms with Gasteiger partial charge in [-0.05, 0) is 43.5 Å². The van der Waals surface area contributed by atoms with Crippen LogP contribution in [0, 0.1) is 0 Å². The van der Waals surface area contributed by atoms with E-state index >= 15 is 0 Å². The van der Waals surface area contributed by atoms with Crippen LogP contribution >= 0.6 is 0 Å². The van der Waals surface area contributed by atoms with Crippen molar-refractivity contribution in [1.29, 1.82) is 0 Å². The lowest BCUT2D eigenvalue weighted by molar-refractivity contribution is 0.101. The summed E-state index contributed by atoms with van der Waals surface area (Å²) >= 11 is 0. The highest BCUT2D eigenvalue weighted by Crippen LogP contribution is 2.29. The minimum atomic E-state index is -3.35. The molecular formula is C21H25NO4S. The van der Waals surface area contributed by atoms with Gasteiger partial charge in [0.05, 0.1) is 24.5 Å². The van der Waals surface area contributed by atoms with E-state index in [1.165, 1.54) is 0 Å². The van der Waals surface area contributed by atoms with Crippen molar-refractivity contribution < 1.29 is 17.9 Å². The largest absolute Gasteiger partial charge is 0.379 e. The second-order valence-corrected chi connectivity index (χ2v) is 9.49. The maximum Gasteiger partial charge on any atom is 0.214 e. The molecule has 1 aliphatic rings. The van der Waals surface area contributed by atoms with Crippen LogP contribution in [0.4, 0.5) is 0 Å². The Morgan fingerprint density at radius 2 is 1.78 bits per heavy atom. The number of ketones is 1. The number of carbonyl (C=O) groups excluding carboxylic acids is 1. The molecule has 0 radical (unpaired) electrons. The molecule has 0 unspecified atom stereocenters. The summed E-state index contributed by atoms with van der Waals surface area (Å²) in [5.74, 6) is 0.0213. The number of rotatable bonds is 6. The van der Waals surface area contributed by atoms with Gasteiger partial charge in [-0.3, -0.25) is 4.79 Å². The predicted molar refractivity (Wildman–Crippen MR) is 106 cm³/mol. The average Bonchev–Trinajstić information content (AvgIpc) is 3.09. The number of carbonyl (C=O) groups is 1. The van der Waals surface area contributed by atoms with Gasteiger partial charge >= 0.3 is 0 Å². The number of sulfonamides is 1. The summed E-state index contributed by atoms with van der Waals surface area (Å²) in [6.45, 7) is 5.75. The smallest absolute Gasteiger partial charge is 0.214 e. The highest BCUT2D eigenvalue weighted by atomic mass is 32.2. The van der Waals surface area contributed by atoms with Gasteiger partial charge in [0.2, 0.25) is 10.0 Å². The van der Waals surface area contributed by atoms with Gasteiger partial charge in [-0.25, -0.2) is 13.1 Å². The maximum atomic E-state index is 12.2. The van der Waals surface area contributed by atoms with Crippen LogP contribution < -0.4 is 4.72 Å². The van der Waals surface area contributed by atoms with Crippen LogP contribution in [-0.2, 0) is 14.8 Å². The molecule has 1 N–H and O–H groups in total. The predicted octanol–water partition coefficient (Wildman–Crippen LogP) is 3.37. The summed E-state index contributed by atoms with van der Waals surface area (Å²) in [5, 5.41) is -0.477. The Kier molecular flexibility index (Phi) is 5.79. The van der Waals surface area contributed by atoms with Crippen molar-refractivity contribution in [3.63, 3.8) is 0 Å². The standard InChI is InChI=1S/C21H25NO4S/c1-14(2)27(24,25)22-21-13-26-12-20(21)17-9-7-16(8-10-17)19-6-4-5-18(11-19)15(3)23/h4-11,14,20-22H,12-13H2,1-3H3/t20-,21-/m0/s1. The Bertz CT molecular complexity index is 919. The monoisotopic (exact) mass is 387 g/mol. The van der Waals surface area contributed by atoms with Gasteiger partial charge in [-0.15, -0.1) is 0 Å². The van der Waals surface area contributed by atoms with Crippen molar-refractivity contribution in [2.75, 3.05) is 13.2 Å². The lowest BCUT2D eigenvalue weighted by Gasteiger charge is -2.21. The molecule has 2 aromatic rings. The number of hydrogen-bond donors (Lipinski definition) is 1. The van der Waals surface area contributed by atoms with Crippen molar-refractivity contribution in [3.8, 4) is 11.1 Å². The molecule has 27 heavy (non-hydrogen) atoms. The molecule has 1 fully saturated rings. The van der Waals surface area contributed by atoms with E-state index in [1.807, 2.05) is 48.5 Å². The van der Waals surface area contributed by atoms with Gasteiger partial charge in [0, 0.05) is 11.5 Å². The first-order valence-corrected chi connectivity index (χ1v) is 10.6. The van der Waals surface area contributed by atoms with E-state index in [0.717, 1.165) is 16.7 Å². The molecule has 3 rings (SSSR count). The van der Waals surface area contributed by atoms with E-state index in [9.17, 15) is 13.2 Å². The van der Waals surface area contributed by atoms with Gasteiger partial charge < -0.3 is 4.74 Å². The van der Waals surface area contributed by atoms with Crippen LogP contribution in [0.1, 0.15) is 42.6 Å². The molecule has 1 heterocycles. The highest BCUT2D eigenvalue weighted by molar-refractivity contribution is 7.90. The van der Waals surface area contributed by atoms with Crippen molar-refractivity contribution in [2.45, 2.75) is 38.0 Å². The van der Waals surface area contributed by atoms with E-state index in [2.05, 4.69) is 4.72 Å². The fourth-order valence-corrected chi connectivity index (χ4v) is 4.11. The molecule has 1 saturated heterocycles. The zero-order chi connectivity index (χ0) is 19.6. The van der Waals surface area contributed by atoms with Crippen molar-refractivity contribution in [2.24, 2.45) is 0 Å². The van der Waals surface area contributed by atoms with E-state index in [-0.39, 0.29) is 17.7 Å². The normalized spacial score (nSPS) is 20.1. The highest BCUT2D eigenvalue weighted by Gasteiger charge is 2.33. The molecule has 0 saturated carbocycles. The van der Waals surface area contributed by atoms with Crippen LogP contribution in [0.3, 0.4) is 0 Å². The van der Waals surface area contributed by atoms with E-state index in [0.29, 0.717) is 18.8 Å². The van der Waals surface area contributed by atoms with Crippen molar-refractivity contribution in [3.05, 3.63) is 59.7 Å². The Hall–Kier alpha value is -2.02. The SMILES string of the molecule is CC(=O)c1cccc(-c2ccc([C@@H]3COC[C@@H]3NS(=O)(=O)C(C)C)cc2)c1. The fraction of sp³-hybridized carbons (Fsp3) is 0.381. The third-order valence-corrected chi connectivity index (χ3v) is 6.83. The molecule has 6 heteroatoms. The molecule has 144 valence electrons. The second-order valence-electron chi connectivity index (χ2n) is 7.22. The zero-order valence-corrected chi connectivity index (χ0v) is 16.6. The summed E-state index contributed by atoms with van der Waals surface area (Å²) in [4.78, 5) is 11.6. The number of benzene rings is 2. The summed E-state index contributed by atoms with van der Waals surface area (Å²) in [6.07, 6.45) is 0. The first kappa shape index (κ1) is 19.7. The van der Waals surface area contributed by atoms with E-state index in [1.54, 1.807) is 20.8 Å². The zero-order valence-electron chi connectivity index (χ0n) is 15.8. The summed E-state index contributed by atoms with van der Waals surface area (Å²) in [7, 11) is -3.35. The van der Waals surface area contributed by atoms with Crippen molar-refractivity contribution in [1.82, 2.24) is 4.72 Å². The lowest BCUT2D eigenvalue weighted by Crippen LogP contribution is -2.42. The topological polar surface area (TPSA) is 72.5 Å². The molecule has 0 amide bonds. The minimum absolute atomic E-state index is 0.0175. The Morgan fingerprint density at radius 1 is 1.07 bits per heavy atom. The summed E-state index contributed by atoms with van der Waals surface area (Å²) < 4.78 is 32.7. The van der Waals surface area contributed by atoms with Crippen LogP contribution in [0.2, 0.25) is 0 Å². The maximum absolute atomic E-state index is 12.2. The first-order valence-electron chi connectivity index (χ1n) is 9.08. The molecule has 0 bridgehead atoms. The molecule has 0 spiro atoms. The number of nitrogens with one attached hydrogen (secondary N) is 1. The van der Waals surface area contributed by atoms with Gasteiger partial charge in [-0.2, -0.15) is 0 Å². The van der Waals surface area contributed by atoms with Gasteiger partial charge in [0.25, 0.3) is 0 Å². The number of hydrogen-bond acceptors (Lipinski definition) is 4. The molecular weight excluding hydrogens is 362 g/mol. The fourth-order valence-electron chi connectivity index (χ4n) is 3.19. The van der Waals surface area contributed by atoms with Gasteiger partial charge in [0.1, 0.15) is 0 Å². The summed E-state index contributed by atoms with van der Waals surface area (Å²) in [5.41, 5.74) is 3.72. The third kappa shape index (κ3) is 4.46. The van der Waals surface area contributed by atoms with Crippen LogP contribution in [0.15, 0.2) is 48.5 Å². The minimum Gasteiger partial charge on any atom is -0.379 e. The Labute approximate surface area is 160 Å². The van der Waals surface area contributed by atoms with Crippen LogP contribution in [-0.4, -0.2) is 38.7 Å². The number of ether oxygens (including phenoxy) is 1. The molecule has 5 nitrogen and oxygen atoms in total. The molecule has 0 aromatic heterocycles. The molecule has 0 aliphatic carbocycles. The molecule has 1 aliphatic heterocycles. The molecule has 2 atom stereocenters. The summed E-state index contributed by atoms with van der Waals surface area (Å²) in [6, 6.07) is 15.3. The van der Waals surface area contributed by atoms with E-state index in [4.69, 9.17) is 4.74 Å². The quantitative estimate of drug-likeness (QED) is 0.772. The Balaban J connectivity index is 1.80. The van der Waals surface area contributed by atoms with E-state index < -0.39 is 15.3 Å². The lowest BCUT2D eigenvalue weighted by atomic mass is 9.93. The average molecular weight is 388 g/mol. The second kappa shape index (κ2) is 7.92. The molecule has 2 aromatic carbocycles. The van der Waals surface area contributed by atoms with Crippen LogP contribution in [0.25, 0.3) is 11.1 Å². The Morgan fingerprint density at radius 3 is 2.41 bits per heavy atom. The van der Waals surface area contributed by atoms with Gasteiger partial charge in [0.15, 0.2) is 5.78 Å². The van der Waals surface area contributed by atoms with Crippen LogP contribution in [0.5, 0.6) is 0 Å². The number of Topliss-reactive ketones (excluding diaryl/α,β-unsaturated/α-hetero) is 1.